The topological polar surface area (TPSA) is 62.6 Å². The molecule has 0 fully saturated rings. The van der Waals surface area contributed by atoms with Gasteiger partial charge in [-0.25, -0.2) is 0 Å². The summed E-state index contributed by atoms with van der Waals surface area (Å²) >= 11 is 1.45. The number of benzene rings is 1. The van der Waals surface area contributed by atoms with Crippen LogP contribution in [-0.2, 0) is 17.6 Å². The number of nitrogens with zero attached hydrogens (tertiary/aromatic N) is 2. The molecule has 6 nitrogen and oxygen atoms in total. The molecule has 0 saturated heterocycles. The zero-order chi connectivity index (χ0) is 19.7. The number of carbonyl (C=O) groups is 1. The summed E-state index contributed by atoms with van der Waals surface area (Å²) in [7, 11) is 3.30. The maximum atomic E-state index is 10.7. The second kappa shape index (κ2) is 7.67. The molecular weight excluding hydrogens is 376 g/mol. The molecule has 0 N–H and O–H groups in total. The lowest BCUT2D eigenvalue weighted by molar-refractivity contribution is -0.120. The number of carbonyl (C=O) groups excluding carboxylic acids is 1. The van der Waals surface area contributed by atoms with E-state index in [2.05, 4.69) is 22.5 Å². The van der Waals surface area contributed by atoms with Gasteiger partial charge in [0.2, 0.25) is 5.88 Å². The van der Waals surface area contributed by atoms with Crippen molar-refractivity contribution in [2.24, 2.45) is 5.92 Å². The summed E-state index contributed by atoms with van der Waals surface area (Å²) in [6, 6.07) is 8.06. The molecule has 1 aliphatic carbocycles. The Morgan fingerprint density at radius 1 is 1.25 bits per heavy atom. The Morgan fingerprint density at radius 2 is 2.11 bits per heavy atom. The van der Waals surface area contributed by atoms with E-state index in [1.807, 2.05) is 18.2 Å². The molecule has 4 rings (SSSR count). The Hall–Kier alpha value is -2.80. The maximum absolute atomic E-state index is 10.7. The molecule has 7 heteroatoms. The lowest BCUT2D eigenvalue weighted by Gasteiger charge is -2.20. The predicted molar refractivity (Wildman–Crippen MR) is 108 cm³/mol. The highest BCUT2D eigenvalue weighted by atomic mass is 32.1. The molecule has 28 heavy (non-hydrogen) atoms. The second-order valence-electron chi connectivity index (χ2n) is 6.93. The summed E-state index contributed by atoms with van der Waals surface area (Å²) in [6.07, 6.45) is 3.16. The molecule has 0 bridgehead atoms. The van der Waals surface area contributed by atoms with Crippen molar-refractivity contribution < 1.29 is 19.0 Å². The van der Waals surface area contributed by atoms with Gasteiger partial charge in [-0.15, -0.1) is 11.3 Å². The van der Waals surface area contributed by atoms with E-state index in [1.54, 1.807) is 19.6 Å². The summed E-state index contributed by atoms with van der Waals surface area (Å²) in [6.45, 7) is 2.69. The highest BCUT2D eigenvalue weighted by molar-refractivity contribution is 7.12. The SMILES string of the molecule is COc1ccc(-c2cc3c(n2-c2nc(OC=O)cs2)CCC(C)C3)c(OC)c1. The van der Waals surface area contributed by atoms with Crippen LogP contribution in [0.5, 0.6) is 17.4 Å². The van der Waals surface area contributed by atoms with Crippen molar-refractivity contribution in [3.05, 3.63) is 40.9 Å². The molecule has 2 aromatic heterocycles. The number of thiazole rings is 1. The van der Waals surface area contributed by atoms with E-state index in [4.69, 9.17) is 14.2 Å². The molecule has 0 spiro atoms. The van der Waals surface area contributed by atoms with Crippen LogP contribution in [0.4, 0.5) is 0 Å². The smallest absolute Gasteiger partial charge is 0.299 e. The lowest BCUT2D eigenvalue weighted by atomic mass is 9.89. The van der Waals surface area contributed by atoms with Gasteiger partial charge in [-0.1, -0.05) is 6.92 Å². The number of ether oxygens (including phenoxy) is 3. The van der Waals surface area contributed by atoms with Crippen LogP contribution in [0.3, 0.4) is 0 Å². The maximum Gasteiger partial charge on any atom is 0.299 e. The molecule has 0 aliphatic heterocycles. The third-order valence-corrected chi connectivity index (χ3v) is 5.95. The minimum atomic E-state index is 0.314. The van der Waals surface area contributed by atoms with Crippen molar-refractivity contribution in [2.45, 2.75) is 26.2 Å². The molecule has 1 aromatic carbocycles. The van der Waals surface area contributed by atoms with Gasteiger partial charge in [0.25, 0.3) is 6.47 Å². The van der Waals surface area contributed by atoms with Crippen molar-refractivity contribution in [3.8, 4) is 33.8 Å². The quantitative estimate of drug-likeness (QED) is 0.580. The number of fused-ring (bicyclic) bond motifs is 1. The van der Waals surface area contributed by atoms with E-state index in [0.717, 1.165) is 47.2 Å². The second-order valence-corrected chi connectivity index (χ2v) is 7.77. The molecule has 146 valence electrons. The Labute approximate surface area is 167 Å². The Balaban J connectivity index is 1.90. The van der Waals surface area contributed by atoms with Crippen molar-refractivity contribution in [2.75, 3.05) is 14.2 Å². The molecule has 2 heterocycles. The molecule has 1 aliphatic rings. The average molecular weight is 398 g/mol. The third kappa shape index (κ3) is 3.26. The predicted octanol–water partition coefficient (Wildman–Crippen LogP) is 4.28. The van der Waals surface area contributed by atoms with Crippen molar-refractivity contribution >= 4 is 17.8 Å². The minimum absolute atomic E-state index is 0.314. The van der Waals surface area contributed by atoms with Crippen LogP contribution in [0.25, 0.3) is 16.4 Å². The van der Waals surface area contributed by atoms with E-state index in [-0.39, 0.29) is 0 Å². The van der Waals surface area contributed by atoms with E-state index >= 15 is 0 Å². The van der Waals surface area contributed by atoms with Gasteiger partial charge in [-0.05, 0) is 48.9 Å². The standard InChI is InChI=1S/C21H22N2O4S/c1-13-4-7-17-14(8-13)9-18(16-6-5-15(25-2)10-19(16)26-3)23(17)21-22-20(11-28-21)27-12-24/h5-6,9-13H,4,7-8H2,1-3H3. The van der Waals surface area contributed by atoms with Gasteiger partial charge in [0.15, 0.2) is 5.13 Å². The summed E-state index contributed by atoms with van der Waals surface area (Å²) < 4.78 is 18.1. The Bertz CT molecular complexity index is 1010. The summed E-state index contributed by atoms with van der Waals surface area (Å²) in [5.74, 6) is 2.45. The van der Waals surface area contributed by atoms with Gasteiger partial charge in [-0.3, -0.25) is 9.36 Å². The summed E-state index contributed by atoms with van der Waals surface area (Å²) in [5.41, 5.74) is 4.58. The highest BCUT2D eigenvalue weighted by Gasteiger charge is 2.26. The van der Waals surface area contributed by atoms with Gasteiger partial charge in [0.05, 0.1) is 25.3 Å². The molecular formula is C21H22N2O4S. The molecule has 1 unspecified atom stereocenters. The van der Waals surface area contributed by atoms with Crippen LogP contribution in [-0.4, -0.2) is 30.2 Å². The third-order valence-electron chi connectivity index (χ3n) is 5.15. The van der Waals surface area contributed by atoms with Crippen LogP contribution in [0.1, 0.15) is 24.6 Å². The summed E-state index contributed by atoms with van der Waals surface area (Å²) in [5, 5.41) is 2.52. The molecule has 0 amide bonds. The van der Waals surface area contributed by atoms with Gasteiger partial charge in [0.1, 0.15) is 11.5 Å². The minimum Gasteiger partial charge on any atom is -0.497 e. The fourth-order valence-electron chi connectivity index (χ4n) is 3.79. The zero-order valence-corrected chi connectivity index (χ0v) is 16.9. The molecule has 1 atom stereocenters. The fraction of sp³-hybridized carbons (Fsp3) is 0.333. The van der Waals surface area contributed by atoms with E-state index in [1.165, 1.54) is 22.6 Å². The van der Waals surface area contributed by atoms with E-state index in [9.17, 15) is 4.79 Å². The first-order valence-electron chi connectivity index (χ1n) is 9.16. The first kappa shape index (κ1) is 18.6. The monoisotopic (exact) mass is 398 g/mol. The fourth-order valence-corrected chi connectivity index (χ4v) is 4.57. The average Bonchev–Trinajstić information content (AvgIpc) is 3.31. The normalized spacial score (nSPS) is 15.8. The highest BCUT2D eigenvalue weighted by Crippen LogP contribution is 2.40. The van der Waals surface area contributed by atoms with E-state index < -0.39 is 0 Å². The number of aromatic nitrogens is 2. The van der Waals surface area contributed by atoms with Gasteiger partial charge in [0, 0.05) is 17.3 Å². The number of hydrogen-bond donors (Lipinski definition) is 0. The van der Waals surface area contributed by atoms with E-state index in [0.29, 0.717) is 18.3 Å². The number of rotatable bonds is 6. The number of methoxy groups -OCH3 is 2. The molecule has 0 saturated carbocycles. The Morgan fingerprint density at radius 3 is 2.86 bits per heavy atom. The largest absolute Gasteiger partial charge is 0.497 e. The summed E-state index contributed by atoms with van der Waals surface area (Å²) in [4.78, 5) is 15.2. The lowest BCUT2D eigenvalue weighted by Crippen LogP contribution is -2.13. The Kier molecular flexibility index (Phi) is 5.09. The van der Waals surface area contributed by atoms with Crippen LogP contribution in [0.15, 0.2) is 29.6 Å². The van der Waals surface area contributed by atoms with Gasteiger partial charge in [-0.2, -0.15) is 4.98 Å². The zero-order valence-electron chi connectivity index (χ0n) is 16.1. The molecule has 0 radical (unpaired) electrons. The van der Waals surface area contributed by atoms with Crippen molar-refractivity contribution in [1.29, 1.82) is 0 Å². The molecule has 3 aromatic rings. The van der Waals surface area contributed by atoms with Crippen LogP contribution in [0, 0.1) is 5.92 Å². The van der Waals surface area contributed by atoms with Crippen LogP contribution >= 0.6 is 11.3 Å². The first-order chi connectivity index (χ1) is 13.6. The first-order valence-corrected chi connectivity index (χ1v) is 10.0. The van der Waals surface area contributed by atoms with Crippen LogP contribution < -0.4 is 14.2 Å². The van der Waals surface area contributed by atoms with Gasteiger partial charge >= 0.3 is 0 Å². The van der Waals surface area contributed by atoms with Crippen LogP contribution in [0.2, 0.25) is 0 Å². The van der Waals surface area contributed by atoms with Crippen molar-refractivity contribution in [1.82, 2.24) is 9.55 Å². The number of hydrogen-bond acceptors (Lipinski definition) is 6. The van der Waals surface area contributed by atoms with Gasteiger partial charge < -0.3 is 14.2 Å². The van der Waals surface area contributed by atoms with Crippen molar-refractivity contribution in [3.63, 3.8) is 0 Å².